The Hall–Kier alpha value is -1.23. The molecule has 2 nitrogen and oxygen atoms in total. The van der Waals surface area contributed by atoms with Gasteiger partial charge in [-0.15, -0.1) is 6.42 Å². The molecular weight excluding hydrogens is 136 g/mol. The fraction of sp³-hybridized carbons (Fsp3) is 0.444. The lowest BCUT2D eigenvalue weighted by Crippen LogP contribution is -2.19. The van der Waals surface area contributed by atoms with Crippen molar-refractivity contribution >= 4 is 0 Å². The van der Waals surface area contributed by atoms with Crippen molar-refractivity contribution in [3.05, 3.63) is 18.2 Å². The van der Waals surface area contributed by atoms with Crippen molar-refractivity contribution in [2.45, 2.75) is 19.3 Å². The maximum absolute atomic E-state index is 5.36. The first-order valence-electron chi connectivity index (χ1n) is 3.53. The molecule has 0 aliphatic rings. The summed E-state index contributed by atoms with van der Waals surface area (Å²) in [6.07, 6.45) is 9.02. The van der Waals surface area contributed by atoms with Gasteiger partial charge >= 0.3 is 0 Å². The van der Waals surface area contributed by atoms with Gasteiger partial charge in [-0.25, -0.2) is 4.98 Å². The number of nitrogens with zero attached hydrogens (tertiary/aromatic N) is 2. The molecule has 1 heterocycles. The normalized spacial score (nSPS) is 11.1. The number of rotatable bonds is 1. The van der Waals surface area contributed by atoms with Crippen LogP contribution < -0.4 is 0 Å². The molecule has 0 saturated carbocycles. The topological polar surface area (TPSA) is 17.8 Å². The van der Waals surface area contributed by atoms with Crippen LogP contribution in [-0.2, 0) is 12.5 Å². The van der Waals surface area contributed by atoms with E-state index < -0.39 is 0 Å². The highest BCUT2D eigenvalue weighted by molar-refractivity contribution is 5.20. The van der Waals surface area contributed by atoms with Crippen LogP contribution in [-0.4, -0.2) is 9.55 Å². The second kappa shape index (κ2) is 2.43. The van der Waals surface area contributed by atoms with E-state index in [9.17, 15) is 0 Å². The fourth-order valence-electron chi connectivity index (χ4n) is 1.03. The lowest BCUT2D eigenvalue weighted by molar-refractivity contribution is 0.604. The van der Waals surface area contributed by atoms with Gasteiger partial charge in [0.25, 0.3) is 0 Å². The fourth-order valence-corrected chi connectivity index (χ4v) is 1.03. The molecule has 0 unspecified atom stereocenters. The molecule has 1 aromatic heterocycles. The molecule has 0 aliphatic carbocycles. The van der Waals surface area contributed by atoms with Crippen molar-refractivity contribution in [3.63, 3.8) is 0 Å². The summed E-state index contributed by atoms with van der Waals surface area (Å²) in [5, 5.41) is 0. The van der Waals surface area contributed by atoms with Gasteiger partial charge in [-0.1, -0.05) is 5.92 Å². The van der Waals surface area contributed by atoms with Crippen LogP contribution in [0.5, 0.6) is 0 Å². The monoisotopic (exact) mass is 148 g/mol. The first kappa shape index (κ1) is 7.87. The van der Waals surface area contributed by atoms with Gasteiger partial charge in [-0.3, -0.25) is 0 Å². The van der Waals surface area contributed by atoms with E-state index in [0.29, 0.717) is 0 Å². The molecule has 0 bridgehead atoms. The molecule has 0 aromatic carbocycles. The van der Waals surface area contributed by atoms with Crippen LogP contribution in [0.1, 0.15) is 19.7 Å². The molecule has 0 amide bonds. The second-order valence-electron chi connectivity index (χ2n) is 3.13. The Morgan fingerprint density at radius 1 is 1.64 bits per heavy atom. The Labute approximate surface area is 67.3 Å². The summed E-state index contributed by atoms with van der Waals surface area (Å²) >= 11 is 0. The van der Waals surface area contributed by atoms with Crippen LogP contribution in [0.25, 0.3) is 0 Å². The largest absolute Gasteiger partial charge is 0.337 e. The summed E-state index contributed by atoms with van der Waals surface area (Å²) in [7, 11) is 1.95. The summed E-state index contributed by atoms with van der Waals surface area (Å²) in [6, 6.07) is 0. The maximum Gasteiger partial charge on any atom is 0.126 e. The summed E-state index contributed by atoms with van der Waals surface area (Å²) < 4.78 is 1.94. The zero-order valence-corrected chi connectivity index (χ0v) is 7.13. The highest BCUT2D eigenvalue weighted by Gasteiger charge is 2.21. The minimum atomic E-state index is -0.266. The molecule has 0 spiro atoms. The summed E-state index contributed by atoms with van der Waals surface area (Å²) in [5.74, 6) is 3.63. The first-order chi connectivity index (χ1) is 5.08. The summed E-state index contributed by atoms with van der Waals surface area (Å²) in [6.45, 7) is 3.96. The Kier molecular flexibility index (Phi) is 1.74. The van der Waals surface area contributed by atoms with Crippen LogP contribution in [0.3, 0.4) is 0 Å². The van der Waals surface area contributed by atoms with Crippen molar-refractivity contribution in [1.82, 2.24) is 9.55 Å². The van der Waals surface area contributed by atoms with E-state index in [1.165, 1.54) is 0 Å². The number of terminal acetylenes is 1. The molecule has 58 valence electrons. The smallest absolute Gasteiger partial charge is 0.126 e. The minimum absolute atomic E-state index is 0.266. The first-order valence-corrected chi connectivity index (χ1v) is 3.53. The predicted molar refractivity (Wildman–Crippen MR) is 45.1 cm³/mol. The number of hydrogen-bond acceptors (Lipinski definition) is 1. The Morgan fingerprint density at radius 2 is 2.27 bits per heavy atom. The zero-order chi connectivity index (χ0) is 8.48. The van der Waals surface area contributed by atoms with Crippen LogP contribution >= 0.6 is 0 Å². The van der Waals surface area contributed by atoms with Crippen LogP contribution in [0.4, 0.5) is 0 Å². The van der Waals surface area contributed by atoms with Crippen molar-refractivity contribution in [2.75, 3.05) is 0 Å². The average Bonchev–Trinajstić information content (AvgIpc) is 2.36. The SMILES string of the molecule is C#CC(C)(C)c1nccn1C. The molecule has 2 heteroatoms. The quantitative estimate of drug-likeness (QED) is 0.549. The molecule has 1 rings (SSSR count). The zero-order valence-electron chi connectivity index (χ0n) is 7.13. The molecule has 0 atom stereocenters. The highest BCUT2D eigenvalue weighted by atomic mass is 15.0. The summed E-state index contributed by atoms with van der Waals surface area (Å²) in [5.41, 5.74) is -0.266. The van der Waals surface area contributed by atoms with E-state index in [-0.39, 0.29) is 5.41 Å². The Bertz CT molecular complexity index is 289. The molecule has 11 heavy (non-hydrogen) atoms. The van der Waals surface area contributed by atoms with Crippen molar-refractivity contribution in [2.24, 2.45) is 7.05 Å². The van der Waals surface area contributed by atoms with E-state index >= 15 is 0 Å². The van der Waals surface area contributed by atoms with Gasteiger partial charge in [0.1, 0.15) is 5.82 Å². The van der Waals surface area contributed by atoms with Gasteiger partial charge in [0.15, 0.2) is 0 Å². The minimum Gasteiger partial charge on any atom is -0.337 e. The van der Waals surface area contributed by atoms with Crippen molar-refractivity contribution in [1.29, 1.82) is 0 Å². The molecule has 0 N–H and O–H groups in total. The van der Waals surface area contributed by atoms with Crippen LogP contribution in [0.2, 0.25) is 0 Å². The van der Waals surface area contributed by atoms with Crippen LogP contribution in [0.15, 0.2) is 12.4 Å². The maximum atomic E-state index is 5.36. The van der Waals surface area contributed by atoms with Gasteiger partial charge in [-0.05, 0) is 13.8 Å². The van der Waals surface area contributed by atoms with E-state index in [1.54, 1.807) is 6.20 Å². The van der Waals surface area contributed by atoms with Gasteiger partial charge in [0.2, 0.25) is 0 Å². The molecule has 0 aliphatic heterocycles. The number of imidazole rings is 1. The molecule has 0 fully saturated rings. The van der Waals surface area contributed by atoms with Gasteiger partial charge in [0, 0.05) is 19.4 Å². The molecular formula is C9H12N2. The van der Waals surface area contributed by atoms with Gasteiger partial charge in [-0.2, -0.15) is 0 Å². The van der Waals surface area contributed by atoms with E-state index in [2.05, 4.69) is 10.9 Å². The molecule has 0 saturated heterocycles. The van der Waals surface area contributed by atoms with E-state index in [4.69, 9.17) is 6.42 Å². The lowest BCUT2D eigenvalue weighted by atomic mass is 9.94. The predicted octanol–water partition coefficient (Wildman–Crippen LogP) is 1.33. The second-order valence-corrected chi connectivity index (χ2v) is 3.13. The van der Waals surface area contributed by atoms with E-state index in [0.717, 1.165) is 5.82 Å². The van der Waals surface area contributed by atoms with Crippen molar-refractivity contribution in [3.8, 4) is 12.3 Å². The number of aromatic nitrogens is 2. The van der Waals surface area contributed by atoms with Crippen molar-refractivity contribution < 1.29 is 0 Å². The third-order valence-corrected chi connectivity index (χ3v) is 1.74. The highest BCUT2D eigenvalue weighted by Crippen LogP contribution is 2.18. The van der Waals surface area contributed by atoms with Crippen LogP contribution in [0, 0.1) is 12.3 Å². The Morgan fingerprint density at radius 3 is 2.64 bits per heavy atom. The number of aryl methyl sites for hydroxylation is 1. The molecule has 1 aromatic rings. The standard InChI is InChI=1S/C9H12N2/c1-5-9(2,3)8-10-6-7-11(8)4/h1,6-7H,2-4H3. The van der Waals surface area contributed by atoms with Gasteiger partial charge < -0.3 is 4.57 Å². The third-order valence-electron chi connectivity index (χ3n) is 1.74. The lowest BCUT2D eigenvalue weighted by Gasteiger charge is -2.16. The number of hydrogen-bond donors (Lipinski definition) is 0. The third kappa shape index (κ3) is 1.27. The van der Waals surface area contributed by atoms with E-state index in [1.807, 2.05) is 31.7 Å². The van der Waals surface area contributed by atoms with Gasteiger partial charge in [0.05, 0.1) is 5.41 Å². The Balaban J connectivity index is 3.13. The average molecular weight is 148 g/mol. The summed E-state index contributed by atoms with van der Waals surface area (Å²) in [4.78, 5) is 4.18. The molecule has 0 radical (unpaired) electrons.